The highest BCUT2D eigenvalue weighted by atomic mass is 35.5. The van der Waals surface area contributed by atoms with Gasteiger partial charge in [0.2, 0.25) is 0 Å². The van der Waals surface area contributed by atoms with Crippen LogP contribution in [0.5, 0.6) is 0 Å². The molecular weight excluding hydrogens is 236 g/mol. The van der Waals surface area contributed by atoms with Gasteiger partial charge in [0.1, 0.15) is 0 Å². The van der Waals surface area contributed by atoms with E-state index in [4.69, 9.17) is 16.3 Å². The minimum absolute atomic E-state index is 0.309. The second-order valence-electron chi connectivity index (χ2n) is 4.93. The van der Waals surface area contributed by atoms with E-state index in [2.05, 4.69) is 0 Å². The van der Waals surface area contributed by atoms with Crippen LogP contribution in [-0.4, -0.2) is 17.8 Å². The lowest BCUT2D eigenvalue weighted by Gasteiger charge is -2.26. The third kappa shape index (κ3) is 3.21. The Balaban J connectivity index is 2.00. The Morgan fingerprint density at radius 1 is 1.47 bits per heavy atom. The fourth-order valence-corrected chi connectivity index (χ4v) is 2.69. The first-order valence-corrected chi connectivity index (χ1v) is 6.56. The van der Waals surface area contributed by atoms with Crippen molar-refractivity contribution in [1.29, 1.82) is 0 Å². The number of hydrogen-bond acceptors (Lipinski definition) is 2. The van der Waals surface area contributed by atoms with E-state index >= 15 is 0 Å². The lowest BCUT2D eigenvalue weighted by molar-refractivity contribution is 0.0221. The Bertz CT molecular complexity index is 370. The topological polar surface area (TPSA) is 29.5 Å². The third-order valence-electron chi connectivity index (χ3n) is 3.43. The highest BCUT2D eigenvalue weighted by Crippen LogP contribution is 2.33. The van der Waals surface area contributed by atoms with Crippen LogP contribution >= 0.6 is 11.6 Å². The van der Waals surface area contributed by atoms with Crippen LogP contribution in [0.1, 0.15) is 38.2 Å². The molecule has 1 aromatic rings. The maximum atomic E-state index is 10.5. The molecule has 1 saturated heterocycles. The van der Waals surface area contributed by atoms with Gasteiger partial charge < -0.3 is 9.84 Å². The van der Waals surface area contributed by atoms with Gasteiger partial charge in [-0.3, -0.25) is 0 Å². The van der Waals surface area contributed by atoms with Gasteiger partial charge >= 0.3 is 0 Å². The first-order chi connectivity index (χ1) is 8.09. The average Bonchev–Trinajstić information content (AvgIpc) is 2.80. The van der Waals surface area contributed by atoms with E-state index in [-0.39, 0.29) is 0 Å². The number of halogens is 1. The van der Waals surface area contributed by atoms with Gasteiger partial charge in [-0.05, 0) is 38.7 Å². The van der Waals surface area contributed by atoms with Crippen molar-refractivity contribution in [3.8, 4) is 0 Å². The van der Waals surface area contributed by atoms with Gasteiger partial charge in [0, 0.05) is 17.2 Å². The number of hydrogen-bond donors (Lipinski definition) is 1. The Morgan fingerprint density at radius 2 is 2.24 bits per heavy atom. The molecule has 0 amide bonds. The standard InChI is InChI=1S/C14H19ClO2/c1-14(16,9-8-11-5-4-10-17-11)12-6-2-3-7-13(12)15/h2-3,6-7,11,16H,4-5,8-10H2,1H3. The fourth-order valence-electron chi connectivity index (χ4n) is 2.35. The van der Waals surface area contributed by atoms with Crippen LogP contribution in [0.25, 0.3) is 0 Å². The summed E-state index contributed by atoms with van der Waals surface area (Å²) in [6.45, 7) is 2.68. The number of rotatable bonds is 4. The predicted molar refractivity (Wildman–Crippen MR) is 69.2 cm³/mol. The van der Waals surface area contributed by atoms with Crippen LogP contribution in [0.15, 0.2) is 24.3 Å². The van der Waals surface area contributed by atoms with Gasteiger partial charge in [-0.15, -0.1) is 0 Å². The molecule has 0 aliphatic carbocycles. The summed E-state index contributed by atoms with van der Waals surface area (Å²) in [6.07, 6.45) is 4.13. The lowest BCUT2D eigenvalue weighted by atomic mass is 9.89. The molecule has 2 unspecified atom stereocenters. The zero-order valence-corrected chi connectivity index (χ0v) is 10.9. The molecule has 0 spiro atoms. The molecule has 17 heavy (non-hydrogen) atoms. The van der Waals surface area contributed by atoms with Gasteiger partial charge in [0.25, 0.3) is 0 Å². The summed E-state index contributed by atoms with van der Waals surface area (Å²) in [5.74, 6) is 0. The summed E-state index contributed by atoms with van der Waals surface area (Å²) < 4.78 is 5.57. The zero-order chi connectivity index (χ0) is 12.3. The van der Waals surface area contributed by atoms with Crippen LogP contribution in [0.4, 0.5) is 0 Å². The van der Waals surface area contributed by atoms with Gasteiger partial charge in [-0.2, -0.15) is 0 Å². The Kier molecular flexibility index (Phi) is 4.08. The molecule has 0 radical (unpaired) electrons. The Hall–Kier alpha value is -0.570. The molecule has 0 saturated carbocycles. The quantitative estimate of drug-likeness (QED) is 0.891. The SMILES string of the molecule is CC(O)(CCC1CCCO1)c1ccccc1Cl. The lowest BCUT2D eigenvalue weighted by Crippen LogP contribution is -2.23. The summed E-state index contributed by atoms with van der Waals surface area (Å²) >= 11 is 6.11. The van der Waals surface area contributed by atoms with E-state index in [1.54, 1.807) is 0 Å². The van der Waals surface area contributed by atoms with Gasteiger partial charge in [0.15, 0.2) is 0 Å². The van der Waals surface area contributed by atoms with Gasteiger partial charge in [-0.25, -0.2) is 0 Å². The van der Waals surface area contributed by atoms with Crippen molar-refractivity contribution in [2.24, 2.45) is 0 Å². The summed E-state index contributed by atoms with van der Waals surface area (Å²) in [7, 11) is 0. The third-order valence-corrected chi connectivity index (χ3v) is 3.76. The molecule has 1 aromatic carbocycles. The molecule has 1 N–H and O–H groups in total. The Labute approximate surface area is 108 Å². The molecule has 94 valence electrons. The van der Waals surface area contributed by atoms with Crippen molar-refractivity contribution in [3.05, 3.63) is 34.9 Å². The van der Waals surface area contributed by atoms with Crippen molar-refractivity contribution in [3.63, 3.8) is 0 Å². The van der Waals surface area contributed by atoms with Crippen LogP contribution in [0.3, 0.4) is 0 Å². The number of aliphatic hydroxyl groups is 1. The molecule has 2 rings (SSSR count). The zero-order valence-electron chi connectivity index (χ0n) is 10.2. The molecule has 1 heterocycles. The first-order valence-electron chi connectivity index (χ1n) is 6.18. The first kappa shape index (κ1) is 12.9. The normalized spacial score (nSPS) is 23.6. The monoisotopic (exact) mass is 254 g/mol. The second kappa shape index (κ2) is 5.38. The van der Waals surface area contributed by atoms with Crippen LogP contribution in [-0.2, 0) is 10.3 Å². The van der Waals surface area contributed by atoms with Crippen molar-refractivity contribution in [2.45, 2.75) is 44.3 Å². The van der Waals surface area contributed by atoms with Crippen molar-refractivity contribution in [1.82, 2.24) is 0 Å². The highest BCUT2D eigenvalue weighted by molar-refractivity contribution is 6.31. The summed E-state index contributed by atoms with van der Waals surface area (Å²) in [6, 6.07) is 7.49. The molecule has 0 aromatic heterocycles. The maximum absolute atomic E-state index is 10.5. The molecule has 1 aliphatic heterocycles. The second-order valence-corrected chi connectivity index (χ2v) is 5.33. The highest BCUT2D eigenvalue weighted by Gasteiger charge is 2.27. The summed E-state index contributed by atoms with van der Waals surface area (Å²) in [5, 5.41) is 11.1. The van der Waals surface area contributed by atoms with Crippen LogP contribution in [0, 0.1) is 0 Å². The van der Waals surface area contributed by atoms with Crippen molar-refractivity contribution < 1.29 is 9.84 Å². The van der Waals surface area contributed by atoms with Crippen molar-refractivity contribution in [2.75, 3.05) is 6.61 Å². The van der Waals surface area contributed by atoms with E-state index in [1.807, 2.05) is 31.2 Å². The molecule has 3 heteroatoms. The largest absolute Gasteiger partial charge is 0.385 e. The maximum Gasteiger partial charge on any atom is 0.0883 e. The average molecular weight is 255 g/mol. The number of ether oxygens (including phenoxy) is 1. The van der Waals surface area contributed by atoms with Crippen LogP contribution < -0.4 is 0 Å². The van der Waals surface area contributed by atoms with Crippen LogP contribution in [0.2, 0.25) is 5.02 Å². The van der Waals surface area contributed by atoms with E-state index in [0.29, 0.717) is 17.5 Å². The van der Waals surface area contributed by atoms with E-state index in [0.717, 1.165) is 31.4 Å². The molecule has 1 fully saturated rings. The van der Waals surface area contributed by atoms with E-state index in [9.17, 15) is 5.11 Å². The minimum Gasteiger partial charge on any atom is -0.385 e. The molecular formula is C14H19ClO2. The molecule has 2 atom stereocenters. The molecule has 2 nitrogen and oxygen atoms in total. The van der Waals surface area contributed by atoms with E-state index in [1.165, 1.54) is 0 Å². The Morgan fingerprint density at radius 3 is 2.88 bits per heavy atom. The minimum atomic E-state index is -0.871. The number of benzene rings is 1. The smallest absolute Gasteiger partial charge is 0.0883 e. The summed E-state index contributed by atoms with van der Waals surface area (Å²) in [5.41, 5.74) is -0.0655. The van der Waals surface area contributed by atoms with Crippen molar-refractivity contribution >= 4 is 11.6 Å². The van der Waals surface area contributed by atoms with Gasteiger partial charge in [0.05, 0.1) is 11.7 Å². The van der Waals surface area contributed by atoms with Gasteiger partial charge in [-0.1, -0.05) is 29.8 Å². The molecule has 0 bridgehead atoms. The summed E-state index contributed by atoms with van der Waals surface area (Å²) in [4.78, 5) is 0. The molecule has 1 aliphatic rings. The van der Waals surface area contributed by atoms with E-state index < -0.39 is 5.60 Å². The fraction of sp³-hybridized carbons (Fsp3) is 0.571. The predicted octanol–water partition coefficient (Wildman–Crippen LogP) is 3.51.